The van der Waals surface area contributed by atoms with Crippen LogP contribution in [0, 0.1) is 0 Å². The highest BCUT2D eigenvalue weighted by Crippen LogP contribution is 2.15. The van der Waals surface area contributed by atoms with Crippen LogP contribution in [0.15, 0.2) is 85.1 Å². The van der Waals surface area contributed by atoms with Crippen LogP contribution in [-0.2, 0) is 28.6 Å². The lowest BCUT2D eigenvalue weighted by Gasteiger charge is -2.18. The third-order valence-corrected chi connectivity index (χ3v) is 12.4. The molecule has 0 bridgehead atoms. The van der Waals surface area contributed by atoms with Crippen molar-refractivity contribution in [3.05, 3.63) is 85.1 Å². The summed E-state index contributed by atoms with van der Waals surface area (Å²) in [7, 11) is 0. The van der Waals surface area contributed by atoms with E-state index in [0.29, 0.717) is 19.3 Å². The molecule has 69 heavy (non-hydrogen) atoms. The fourth-order valence-corrected chi connectivity index (χ4v) is 7.99. The molecule has 0 aromatic rings. The summed E-state index contributed by atoms with van der Waals surface area (Å²) in [5, 5.41) is 0. The van der Waals surface area contributed by atoms with E-state index in [0.717, 1.165) is 89.9 Å². The molecule has 0 radical (unpaired) electrons. The predicted molar refractivity (Wildman–Crippen MR) is 297 cm³/mol. The number of ether oxygens (including phenoxy) is 3. The average molecular weight is 962 g/mol. The summed E-state index contributed by atoms with van der Waals surface area (Å²) in [6.45, 7) is 6.47. The molecular formula is C63H108O6. The number of carbonyl (C=O) groups is 3. The Morgan fingerprint density at radius 1 is 0.304 bits per heavy atom. The van der Waals surface area contributed by atoms with Gasteiger partial charge in [0.05, 0.1) is 0 Å². The quantitative estimate of drug-likeness (QED) is 0.0262. The molecule has 0 saturated carbocycles. The van der Waals surface area contributed by atoms with Gasteiger partial charge in [-0.25, -0.2) is 0 Å². The number of carbonyl (C=O) groups excluding carboxylic acids is 3. The van der Waals surface area contributed by atoms with Crippen molar-refractivity contribution in [2.45, 2.75) is 284 Å². The Hall–Kier alpha value is -3.41. The lowest BCUT2D eigenvalue weighted by Crippen LogP contribution is -2.30. The lowest BCUT2D eigenvalue weighted by molar-refractivity contribution is -0.167. The van der Waals surface area contributed by atoms with Crippen molar-refractivity contribution in [2.75, 3.05) is 13.2 Å². The molecule has 0 aromatic heterocycles. The molecule has 0 N–H and O–H groups in total. The largest absolute Gasteiger partial charge is 0.462 e. The number of hydrogen-bond acceptors (Lipinski definition) is 6. The highest BCUT2D eigenvalue weighted by molar-refractivity contribution is 5.71. The van der Waals surface area contributed by atoms with E-state index in [1.54, 1.807) is 0 Å². The topological polar surface area (TPSA) is 78.9 Å². The highest BCUT2D eigenvalue weighted by atomic mass is 16.6. The Kier molecular flexibility index (Phi) is 54.3. The van der Waals surface area contributed by atoms with Crippen molar-refractivity contribution in [2.24, 2.45) is 0 Å². The average Bonchev–Trinajstić information content (AvgIpc) is 3.35. The van der Waals surface area contributed by atoms with Crippen LogP contribution in [-0.4, -0.2) is 37.2 Å². The minimum atomic E-state index is -0.803. The molecule has 0 heterocycles. The monoisotopic (exact) mass is 961 g/mol. The second-order valence-electron chi connectivity index (χ2n) is 19.2. The molecule has 396 valence electrons. The van der Waals surface area contributed by atoms with Crippen molar-refractivity contribution in [3.8, 4) is 0 Å². The Morgan fingerprint density at radius 2 is 0.565 bits per heavy atom. The van der Waals surface area contributed by atoms with E-state index in [9.17, 15) is 14.4 Å². The molecule has 0 spiro atoms. The van der Waals surface area contributed by atoms with Crippen LogP contribution in [0.25, 0.3) is 0 Å². The van der Waals surface area contributed by atoms with Gasteiger partial charge >= 0.3 is 17.9 Å². The van der Waals surface area contributed by atoms with Crippen LogP contribution in [0.3, 0.4) is 0 Å². The summed E-state index contributed by atoms with van der Waals surface area (Å²) in [6.07, 6.45) is 74.3. The van der Waals surface area contributed by atoms with Gasteiger partial charge in [0.15, 0.2) is 6.10 Å². The van der Waals surface area contributed by atoms with Crippen molar-refractivity contribution >= 4 is 17.9 Å². The first-order valence-electron chi connectivity index (χ1n) is 29.1. The molecular weight excluding hydrogens is 853 g/mol. The minimum absolute atomic E-state index is 0.0965. The third-order valence-electron chi connectivity index (χ3n) is 12.4. The highest BCUT2D eigenvalue weighted by Gasteiger charge is 2.19. The Bertz CT molecular complexity index is 1330. The Labute approximate surface area is 426 Å². The number of hydrogen-bond donors (Lipinski definition) is 0. The molecule has 0 rings (SSSR count). The van der Waals surface area contributed by atoms with Gasteiger partial charge in [0.25, 0.3) is 0 Å². The Balaban J connectivity index is 4.43. The molecule has 0 aromatic carbocycles. The Morgan fingerprint density at radius 3 is 0.957 bits per heavy atom. The van der Waals surface area contributed by atoms with E-state index < -0.39 is 6.10 Å². The normalized spacial score (nSPS) is 12.7. The summed E-state index contributed by atoms with van der Waals surface area (Å²) < 4.78 is 16.8. The van der Waals surface area contributed by atoms with Gasteiger partial charge in [-0.15, -0.1) is 0 Å². The van der Waals surface area contributed by atoms with Gasteiger partial charge in [0, 0.05) is 19.3 Å². The molecule has 0 aliphatic heterocycles. The van der Waals surface area contributed by atoms with Crippen LogP contribution in [0.1, 0.15) is 278 Å². The smallest absolute Gasteiger partial charge is 0.306 e. The van der Waals surface area contributed by atoms with Gasteiger partial charge < -0.3 is 14.2 Å². The number of rotatable bonds is 52. The molecule has 6 nitrogen and oxygen atoms in total. The van der Waals surface area contributed by atoms with E-state index in [4.69, 9.17) is 14.2 Å². The van der Waals surface area contributed by atoms with Gasteiger partial charge in [-0.1, -0.05) is 228 Å². The van der Waals surface area contributed by atoms with E-state index in [1.807, 2.05) is 0 Å². The van der Waals surface area contributed by atoms with Gasteiger partial charge in [0.1, 0.15) is 13.2 Å². The van der Waals surface area contributed by atoms with Crippen LogP contribution in [0.5, 0.6) is 0 Å². The van der Waals surface area contributed by atoms with E-state index >= 15 is 0 Å². The van der Waals surface area contributed by atoms with Gasteiger partial charge in [0.2, 0.25) is 0 Å². The molecule has 0 aliphatic rings. The maximum Gasteiger partial charge on any atom is 0.306 e. The zero-order chi connectivity index (χ0) is 50.0. The van der Waals surface area contributed by atoms with E-state index in [1.165, 1.54) is 141 Å². The molecule has 0 unspecified atom stereocenters. The molecule has 0 amide bonds. The SMILES string of the molecule is CC/C=C\C/C=C\C/C=C\C/C=C\CCCCC(=O)O[C@H](COC(=O)CCCCCCCCC/C=C\C/C=C\CCCCC)COC(=O)CCCCCCCCCCC/C=C\CCCCCCCC. The lowest BCUT2D eigenvalue weighted by atomic mass is 10.1. The van der Waals surface area contributed by atoms with Crippen molar-refractivity contribution in [3.63, 3.8) is 0 Å². The van der Waals surface area contributed by atoms with E-state index in [-0.39, 0.29) is 37.5 Å². The van der Waals surface area contributed by atoms with Crippen LogP contribution in [0.4, 0.5) is 0 Å². The third kappa shape index (κ3) is 55.4. The van der Waals surface area contributed by atoms with Crippen LogP contribution in [0.2, 0.25) is 0 Å². The fourth-order valence-electron chi connectivity index (χ4n) is 7.99. The van der Waals surface area contributed by atoms with Crippen LogP contribution < -0.4 is 0 Å². The first-order chi connectivity index (χ1) is 34.0. The summed E-state index contributed by atoms with van der Waals surface area (Å²) in [4.78, 5) is 38.2. The predicted octanol–water partition coefficient (Wildman–Crippen LogP) is 19.5. The molecule has 6 heteroatoms. The minimum Gasteiger partial charge on any atom is -0.462 e. The summed E-state index contributed by atoms with van der Waals surface area (Å²) in [6, 6.07) is 0. The molecule has 1 atom stereocenters. The van der Waals surface area contributed by atoms with Crippen LogP contribution >= 0.6 is 0 Å². The molecule has 0 aliphatic carbocycles. The second kappa shape index (κ2) is 57.2. The first kappa shape index (κ1) is 65.6. The number of unbranched alkanes of at least 4 members (excludes halogenated alkanes) is 27. The second-order valence-corrected chi connectivity index (χ2v) is 19.2. The maximum atomic E-state index is 12.8. The fraction of sp³-hybridized carbons (Fsp3) is 0.730. The zero-order valence-electron chi connectivity index (χ0n) is 45.3. The number of esters is 3. The summed E-state index contributed by atoms with van der Waals surface area (Å²) in [5.74, 6) is -0.943. The standard InChI is InChI=1S/C63H108O6/c1-4-7-10-13-16-19-22-25-28-30-31-33-36-38-41-44-47-50-53-56-62(65)68-59-60(69-63(66)57-54-51-48-45-42-39-34-27-24-21-18-15-12-9-6-3)58-67-61(64)55-52-49-46-43-40-37-35-32-29-26-23-20-17-14-11-8-5-2/h9,12,17-18,20-21,25-29,34,42,45,60H,4-8,10-11,13-16,19,22-24,30-33,35-41,43-44,46-59H2,1-3H3/b12-9-,20-17-,21-18-,28-25-,29-26-,34-27-,45-42-/t60-/m1/s1. The summed E-state index contributed by atoms with van der Waals surface area (Å²) in [5.41, 5.74) is 0. The van der Waals surface area contributed by atoms with Gasteiger partial charge in [-0.2, -0.15) is 0 Å². The van der Waals surface area contributed by atoms with Crippen molar-refractivity contribution < 1.29 is 28.6 Å². The van der Waals surface area contributed by atoms with E-state index in [2.05, 4.69) is 106 Å². The van der Waals surface area contributed by atoms with Gasteiger partial charge in [-0.05, 0) is 116 Å². The zero-order valence-corrected chi connectivity index (χ0v) is 45.3. The maximum absolute atomic E-state index is 12.8. The van der Waals surface area contributed by atoms with Crippen molar-refractivity contribution in [1.82, 2.24) is 0 Å². The summed E-state index contributed by atoms with van der Waals surface area (Å²) >= 11 is 0. The molecule has 0 saturated heterocycles. The number of allylic oxidation sites excluding steroid dienone is 14. The molecule has 0 fully saturated rings. The van der Waals surface area contributed by atoms with Crippen molar-refractivity contribution in [1.29, 1.82) is 0 Å². The van der Waals surface area contributed by atoms with Gasteiger partial charge in [-0.3, -0.25) is 14.4 Å². The first-order valence-corrected chi connectivity index (χ1v) is 29.1.